The van der Waals surface area contributed by atoms with Crippen LogP contribution in [0.2, 0.25) is 0 Å². The van der Waals surface area contributed by atoms with Gasteiger partial charge in [-0.1, -0.05) is 59.7 Å². The Balaban J connectivity index is 1.50. The fourth-order valence-corrected chi connectivity index (χ4v) is 4.69. The number of hydrogen-bond donors (Lipinski definition) is 2. The van der Waals surface area contributed by atoms with Gasteiger partial charge in [0.1, 0.15) is 5.75 Å². The molecule has 0 aliphatic carbocycles. The third-order valence-electron chi connectivity index (χ3n) is 6.55. The highest BCUT2D eigenvalue weighted by molar-refractivity contribution is 5.87. The molecule has 33 heavy (non-hydrogen) atoms. The van der Waals surface area contributed by atoms with Crippen LogP contribution < -0.4 is 10.1 Å². The maximum atomic E-state index is 13.4. The zero-order valence-corrected chi connectivity index (χ0v) is 19.3. The molecule has 0 fully saturated rings. The van der Waals surface area contributed by atoms with Gasteiger partial charge in [-0.25, -0.2) is 4.79 Å². The summed E-state index contributed by atoms with van der Waals surface area (Å²) in [5, 5.41) is 4.30. The van der Waals surface area contributed by atoms with Crippen LogP contribution in [-0.2, 0) is 13.0 Å². The lowest BCUT2D eigenvalue weighted by molar-refractivity contribution is 0.179. The van der Waals surface area contributed by atoms with Crippen molar-refractivity contribution in [2.75, 3.05) is 13.7 Å². The second kappa shape index (κ2) is 8.66. The van der Waals surface area contributed by atoms with Crippen molar-refractivity contribution < 1.29 is 9.53 Å². The van der Waals surface area contributed by atoms with E-state index in [0.717, 1.165) is 34.5 Å². The minimum Gasteiger partial charge on any atom is -0.497 e. The number of urea groups is 1. The van der Waals surface area contributed by atoms with Crippen molar-refractivity contribution in [2.45, 2.75) is 32.9 Å². The number of amides is 2. The lowest BCUT2D eigenvalue weighted by Crippen LogP contribution is -2.45. The molecule has 3 aromatic carbocycles. The number of carbonyl (C=O) groups is 1. The number of ether oxygens (including phenoxy) is 1. The summed E-state index contributed by atoms with van der Waals surface area (Å²) in [6.45, 7) is 5.30. The van der Waals surface area contributed by atoms with Crippen LogP contribution >= 0.6 is 0 Å². The van der Waals surface area contributed by atoms with Crippen molar-refractivity contribution in [3.05, 3.63) is 100 Å². The van der Waals surface area contributed by atoms with Crippen LogP contribution in [0.1, 0.15) is 39.6 Å². The van der Waals surface area contributed by atoms with Gasteiger partial charge >= 0.3 is 6.03 Å². The standard InChI is InChI=1S/C28H29N3O2/c1-18-4-8-20(9-5-18)17-29-28(32)31-15-14-23-24-16-22(33-3)12-13-25(24)30-26(23)27(31)21-10-6-19(2)7-11-21/h4-13,16,27,30H,14-15,17H2,1-3H3,(H,29,32)/t27-/m1/s1. The number of nitrogens with one attached hydrogen (secondary N) is 2. The van der Waals surface area contributed by atoms with Gasteiger partial charge in [0.05, 0.1) is 13.2 Å². The van der Waals surface area contributed by atoms with E-state index in [1.165, 1.54) is 22.1 Å². The lowest BCUT2D eigenvalue weighted by Gasteiger charge is -2.36. The Labute approximate surface area is 194 Å². The maximum Gasteiger partial charge on any atom is 0.318 e. The molecule has 1 aliphatic heterocycles. The van der Waals surface area contributed by atoms with Gasteiger partial charge in [0.2, 0.25) is 0 Å². The van der Waals surface area contributed by atoms with E-state index in [2.05, 4.69) is 84.8 Å². The Hall–Kier alpha value is -3.73. The van der Waals surface area contributed by atoms with Gasteiger partial charge in [-0.15, -0.1) is 0 Å². The lowest BCUT2D eigenvalue weighted by atomic mass is 9.92. The summed E-state index contributed by atoms with van der Waals surface area (Å²) in [7, 11) is 1.69. The van der Waals surface area contributed by atoms with Crippen LogP contribution in [0.25, 0.3) is 10.9 Å². The van der Waals surface area contributed by atoms with Crippen LogP contribution in [0.15, 0.2) is 66.7 Å². The van der Waals surface area contributed by atoms with Gasteiger partial charge < -0.3 is 19.9 Å². The molecule has 1 aliphatic rings. The molecule has 5 heteroatoms. The molecule has 0 saturated carbocycles. The van der Waals surface area contributed by atoms with Crippen LogP contribution in [0.3, 0.4) is 0 Å². The van der Waals surface area contributed by atoms with Gasteiger partial charge in [0.25, 0.3) is 0 Å². The molecular weight excluding hydrogens is 410 g/mol. The largest absolute Gasteiger partial charge is 0.497 e. The molecule has 4 aromatic rings. The van der Waals surface area contributed by atoms with Gasteiger partial charge in [0, 0.05) is 29.7 Å². The number of methoxy groups -OCH3 is 1. The molecule has 1 atom stereocenters. The van der Waals surface area contributed by atoms with Gasteiger partial charge in [-0.05, 0) is 55.2 Å². The molecule has 5 nitrogen and oxygen atoms in total. The number of H-pyrrole nitrogens is 1. The first kappa shape index (κ1) is 21.1. The Morgan fingerprint density at radius 2 is 1.73 bits per heavy atom. The van der Waals surface area contributed by atoms with Crippen LogP contribution in [0.4, 0.5) is 4.79 Å². The number of nitrogens with zero attached hydrogens (tertiary/aromatic N) is 1. The van der Waals surface area contributed by atoms with Crippen molar-refractivity contribution in [2.24, 2.45) is 0 Å². The summed E-state index contributed by atoms with van der Waals surface area (Å²) < 4.78 is 5.46. The van der Waals surface area contributed by atoms with E-state index in [-0.39, 0.29) is 12.1 Å². The van der Waals surface area contributed by atoms with Crippen molar-refractivity contribution in [1.29, 1.82) is 0 Å². The SMILES string of the molecule is COc1ccc2[nH]c3c(c2c1)CCN(C(=O)NCc1ccc(C)cc1)[C@@H]3c1ccc(C)cc1. The Morgan fingerprint density at radius 1 is 1.03 bits per heavy atom. The quantitative estimate of drug-likeness (QED) is 0.432. The molecule has 2 N–H and O–H groups in total. The number of carbonyl (C=O) groups excluding carboxylic acids is 1. The van der Waals surface area contributed by atoms with Crippen molar-refractivity contribution in [3.8, 4) is 5.75 Å². The molecule has 2 amide bonds. The first-order valence-electron chi connectivity index (χ1n) is 11.4. The molecule has 0 radical (unpaired) electrons. The summed E-state index contributed by atoms with van der Waals surface area (Å²) in [6.07, 6.45) is 0.794. The fourth-order valence-electron chi connectivity index (χ4n) is 4.69. The highest BCUT2D eigenvalue weighted by Gasteiger charge is 2.34. The molecule has 2 heterocycles. The number of aromatic nitrogens is 1. The Kier molecular flexibility index (Phi) is 5.55. The summed E-state index contributed by atoms with van der Waals surface area (Å²) >= 11 is 0. The highest BCUT2D eigenvalue weighted by atomic mass is 16.5. The van der Waals surface area contributed by atoms with Gasteiger partial charge in [0.15, 0.2) is 0 Å². The Bertz CT molecular complexity index is 1290. The van der Waals surface area contributed by atoms with E-state index in [1.54, 1.807) is 7.11 Å². The smallest absolute Gasteiger partial charge is 0.318 e. The highest BCUT2D eigenvalue weighted by Crippen LogP contribution is 2.39. The number of fused-ring (bicyclic) bond motifs is 3. The van der Waals surface area contributed by atoms with E-state index in [4.69, 9.17) is 4.74 Å². The third kappa shape index (κ3) is 4.07. The van der Waals surface area contributed by atoms with E-state index >= 15 is 0 Å². The van der Waals surface area contributed by atoms with E-state index < -0.39 is 0 Å². The number of benzene rings is 3. The second-order valence-corrected chi connectivity index (χ2v) is 8.83. The zero-order valence-electron chi connectivity index (χ0n) is 19.3. The summed E-state index contributed by atoms with van der Waals surface area (Å²) in [5.41, 5.74) is 8.02. The molecular formula is C28H29N3O2. The predicted molar refractivity (Wildman–Crippen MR) is 132 cm³/mol. The predicted octanol–water partition coefficient (Wildman–Crippen LogP) is 5.65. The normalized spacial score (nSPS) is 15.4. The number of aromatic amines is 1. The van der Waals surface area contributed by atoms with Crippen molar-refractivity contribution in [3.63, 3.8) is 0 Å². The molecule has 0 bridgehead atoms. The van der Waals surface area contributed by atoms with E-state index in [0.29, 0.717) is 13.1 Å². The second-order valence-electron chi connectivity index (χ2n) is 8.83. The van der Waals surface area contributed by atoms with Crippen LogP contribution in [0, 0.1) is 13.8 Å². The molecule has 5 rings (SSSR count). The zero-order chi connectivity index (χ0) is 22.9. The first-order chi connectivity index (χ1) is 16.0. The Morgan fingerprint density at radius 3 is 2.42 bits per heavy atom. The third-order valence-corrected chi connectivity index (χ3v) is 6.55. The number of aryl methyl sites for hydroxylation is 2. The maximum absolute atomic E-state index is 13.4. The minimum atomic E-state index is -0.175. The molecule has 1 aromatic heterocycles. The van der Waals surface area contributed by atoms with Crippen molar-refractivity contribution in [1.82, 2.24) is 15.2 Å². The average molecular weight is 440 g/mol. The first-order valence-corrected chi connectivity index (χ1v) is 11.4. The summed E-state index contributed by atoms with van der Waals surface area (Å²) in [6, 6.07) is 22.6. The minimum absolute atomic E-state index is 0.0527. The van der Waals surface area contributed by atoms with Crippen molar-refractivity contribution >= 4 is 16.9 Å². The number of hydrogen-bond acceptors (Lipinski definition) is 2. The molecule has 0 spiro atoms. The van der Waals surface area contributed by atoms with E-state index in [9.17, 15) is 4.79 Å². The molecule has 0 saturated heterocycles. The van der Waals surface area contributed by atoms with Gasteiger partial charge in [-0.2, -0.15) is 0 Å². The molecule has 168 valence electrons. The fraction of sp³-hybridized carbons (Fsp3) is 0.250. The average Bonchev–Trinajstić information content (AvgIpc) is 3.21. The summed E-state index contributed by atoms with van der Waals surface area (Å²) in [4.78, 5) is 19.0. The van der Waals surface area contributed by atoms with Crippen LogP contribution in [-0.4, -0.2) is 29.6 Å². The monoisotopic (exact) mass is 439 g/mol. The summed E-state index contributed by atoms with van der Waals surface area (Å²) in [5.74, 6) is 0.842. The van der Waals surface area contributed by atoms with Crippen LogP contribution in [0.5, 0.6) is 5.75 Å². The molecule has 0 unspecified atom stereocenters. The number of rotatable bonds is 4. The topological polar surface area (TPSA) is 57.4 Å². The van der Waals surface area contributed by atoms with E-state index in [1.807, 2.05) is 11.0 Å². The van der Waals surface area contributed by atoms with Gasteiger partial charge in [-0.3, -0.25) is 0 Å².